The number of rotatable bonds is 3. The number of nitrogens with zero attached hydrogens (tertiary/aromatic N) is 1. The molecule has 1 fully saturated rings. The van der Waals surface area contributed by atoms with Crippen molar-refractivity contribution >= 4 is 34.4 Å². The third kappa shape index (κ3) is 3.07. The zero-order valence-electron chi connectivity index (χ0n) is 18.1. The molecule has 4 rings (SSSR count). The lowest BCUT2D eigenvalue weighted by Gasteiger charge is -2.43. The Balaban J connectivity index is 2.08. The Morgan fingerprint density at radius 3 is 2.47 bits per heavy atom. The van der Waals surface area contributed by atoms with Gasteiger partial charge in [0.2, 0.25) is 0 Å². The largest absolute Gasteiger partial charge is 0.495 e. The molecule has 1 saturated heterocycles. The van der Waals surface area contributed by atoms with Gasteiger partial charge in [0.25, 0.3) is 0 Å². The Morgan fingerprint density at radius 1 is 1.20 bits per heavy atom. The van der Waals surface area contributed by atoms with Crippen molar-refractivity contribution < 1.29 is 9.53 Å². The predicted molar refractivity (Wildman–Crippen MR) is 123 cm³/mol. The molecule has 3 N–H and O–H groups in total. The van der Waals surface area contributed by atoms with E-state index in [9.17, 15) is 4.79 Å². The molecular formula is C24H30ClN3O2. The van der Waals surface area contributed by atoms with E-state index in [0.29, 0.717) is 16.5 Å². The Labute approximate surface area is 183 Å². The summed E-state index contributed by atoms with van der Waals surface area (Å²) >= 11 is 6.85. The number of nitrogens with one attached hydrogen (secondary N) is 1. The highest BCUT2D eigenvalue weighted by molar-refractivity contribution is 6.32. The fourth-order valence-electron chi connectivity index (χ4n) is 5.08. The number of ketones is 1. The van der Waals surface area contributed by atoms with E-state index in [0.717, 1.165) is 42.9 Å². The lowest BCUT2D eigenvalue weighted by molar-refractivity contribution is -0.129. The van der Waals surface area contributed by atoms with E-state index in [-0.39, 0.29) is 5.78 Å². The minimum absolute atomic E-state index is 0.182. The number of para-hydroxylation sites is 2. The van der Waals surface area contributed by atoms with Gasteiger partial charge in [0, 0.05) is 21.4 Å². The van der Waals surface area contributed by atoms with Gasteiger partial charge < -0.3 is 20.7 Å². The summed E-state index contributed by atoms with van der Waals surface area (Å²) in [6.45, 7) is 7.62. The minimum Gasteiger partial charge on any atom is -0.495 e. The number of anilines is 3. The van der Waals surface area contributed by atoms with E-state index in [1.807, 2.05) is 57.2 Å². The summed E-state index contributed by atoms with van der Waals surface area (Å²) in [6.07, 6.45) is 1.64. The van der Waals surface area contributed by atoms with Gasteiger partial charge in [-0.2, -0.15) is 0 Å². The van der Waals surface area contributed by atoms with Crippen molar-refractivity contribution in [1.29, 1.82) is 0 Å². The van der Waals surface area contributed by atoms with Crippen LogP contribution in [0.1, 0.15) is 39.2 Å². The predicted octanol–water partition coefficient (Wildman–Crippen LogP) is 4.69. The lowest BCUT2D eigenvalue weighted by Crippen LogP contribution is -2.56. The maximum atomic E-state index is 14.0. The highest BCUT2D eigenvalue weighted by Crippen LogP contribution is 2.60. The van der Waals surface area contributed by atoms with Crippen LogP contribution in [0.3, 0.4) is 0 Å². The molecule has 2 aliphatic rings. The van der Waals surface area contributed by atoms with Crippen LogP contribution in [0.4, 0.5) is 17.1 Å². The normalized spacial score (nSPS) is 20.3. The van der Waals surface area contributed by atoms with Crippen LogP contribution in [-0.2, 0) is 10.2 Å². The maximum absolute atomic E-state index is 14.0. The molecule has 6 heteroatoms. The molecule has 0 aliphatic carbocycles. The first-order chi connectivity index (χ1) is 14.2. The van der Waals surface area contributed by atoms with Gasteiger partial charge in [-0.25, -0.2) is 0 Å². The topological polar surface area (TPSA) is 67.6 Å². The molecule has 0 radical (unpaired) electrons. The number of carbonyl (C=O) groups excluding carboxylic acids is 1. The quantitative estimate of drug-likeness (QED) is 0.695. The lowest BCUT2D eigenvalue weighted by atomic mass is 9.65. The first-order valence-corrected chi connectivity index (χ1v) is 10.9. The van der Waals surface area contributed by atoms with E-state index < -0.39 is 16.9 Å². The molecule has 30 heavy (non-hydrogen) atoms. The third-order valence-corrected chi connectivity index (χ3v) is 6.82. The number of ether oxygens (including phenoxy) is 1. The van der Waals surface area contributed by atoms with Crippen LogP contribution >= 0.6 is 11.6 Å². The van der Waals surface area contributed by atoms with Crippen molar-refractivity contribution in [3.8, 4) is 5.75 Å². The number of nitrogen functional groups attached to an aromatic ring is 1. The average molecular weight is 428 g/mol. The van der Waals surface area contributed by atoms with Crippen molar-refractivity contribution in [1.82, 2.24) is 5.32 Å². The second-order valence-corrected chi connectivity index (χ2v) is 9.73. The number of methoxy groups -OCH3 is 1. The summed E-state index contributed by atoms with van der Waals surface area (Å²) in [4.78, 5) is 16.1. The van der Waals surface area contributed by atoms with E-state index >= 15 is 0 Å². The van der Waals surface area contributed by atoms with Crippen LogP contribution in [0.25, 0.3) is 0 Å². The number of piperidine rings is 1. The Hall–Kier alpha value is -2.24. The molecule has 1 spiro atoms. The molecule has 1 atom stereocenters. The molecular weight excluding hydrogens is 398 g/mol. The fraction of sp³-hybridized carbons (Fsp3) is 0.458. The smallest absolute Gasteiger partial charge is 0.161 e. The molecule has 160 valence electrons. The second kappa shape index (κ2) is 7.47. The molecule has 0 saturated carbocycles. The summed E-state index contributed by atoms with van der Waals surface area (Å²) in [7, 11) is 1.66. The van der Waals surface area contributed by atoms with Crippen molar-refractivity contribution in [2.75, 3.05) is 30.8 Å². The summed E-state index contributed by atoms with van der Waals surface area (Å²) in [5, 5.41) is 4.13. The molecule has 0 aromatic heterocycles. The molecule has 0 bridgehead atoms. The second-order valence-electron chi connectivity index (χ2n) is 9.32. The Kier molecular flexibility index (Phi) is 5.23. The van der Waals surface area contributed by atoms with Crippen LogP contribution in [-0.4, -0.2) is 32.0 Å². The SMILES string of the molecule is COc1ccc(Cl)c2c1N(c1ccccc1N)C(C(=O)C(C)(C)C)C21CCNCC1. The first-order valence-electron chi connectivity index (χ1n) is 10.5. The number of hydrogen-bond acceptors (Lipinski definition) is 5. The molecule has 0 amide bonds. The van der Waals surface area contributed by atoms with E-state index in [1.54, 1.807) is 7.11 Å². The highest BCUT2D eigenvalue weighted by atomic mass is 35.5. The molecule has 2 aliphatic heterocycles. The Morgan fingerprint density at radius 2 is 1.87 bits per heavy atom. The van der Waals surface area contributed by atoms with Crippen molar-refractivity contribution in [3.63, 3.8) is 0 Å². The zero-order chi connectivity index (χ0) is 21.7. The van der Waals surface area contributed by atoms with Gasteiger partial charge >= 0.3 is 0 Å². The Bertz CT molecular complexity index is 977. The van der Waals surface area contributed by atoms with Gasteiger partial charge in [0.1, 0.15) is 11.8 Å². The van der Waals surface area contributed by atoms with Crippen LogP contribution in [0.15, 0.2) is 36.4 Å². The van der Waals surface area contributed by atoms with Gasteiger partial charge in [-0.1, -0.05) is 44.5 Å². The first kappa shape index (κ1) is 21.0. The summed E-state index contributed by atoms with van der Waals surface area (Å²) in [5.41, 5.74) is 8.83. The summed E-state index contributed by atoms with van der Waals surface area (Å²) in [5.74, 6) is 0.891. The van der Waals surface area contributed by atoms with Gasteiger partial charge in [-0.05, 0) is 50.2 Å². The number of fused-ring (bicyclic) bond motifs is 2. The highest BCUT2D eigenvalue weighted by Gasteiger charge is 2.58. The third-order valence-electron chi connectivity index (χ3n) is 6.51. The number of halogens is 1. The van der Waals surface area contributed by atoms with E-state index in [1.165, 1.54) is 0 Å². The van der Waals surface area contributed by atoms with E-state index in [2.05, 4.69) is 10.2 Å². The fourth-order valence-corrected chi connectivity index (χ4v) is 5.42. The minimum atomic E-state index is -0.522. The number of benzene rings is 2. The number of Topliss-reactive ketones (excluding diaryl/α,β-unsaturated/α-hetero) is 1. The van der Waals surface area contributed by atoms with Crippen LogP contribution in [0.5, 0.6) is 5.75 Å². The van der Waals surface area contributed by atoms with Crippen molar-refractivity contribution in [2.24, 2.45) is 5.41 Å². The van der Waals surface area contributed by atoms with Crippen LogP contribution in [0, 0.1) is 5.41 Å². The van der Waals surface area contributed by atoms with Crippen molar-refractivity contribution in [3.05, 3.63) is 47.0 Å². The van der Waals surface area contributed by atoms with Gasteiger partial charge in [0.05, 0.1) is 24.2 Å². The number of hydrogen-bond donors (Lipinski definition) is 2. The number of nitrogens with two attached hydrogens (primary N) is 1. The van der Waals surface area contributed by atoms with Gasteiger partial charge in [-0.3, -0.25) is 4.79 Å². The monoisotopic (exact) mass is 427 g/mol. The molecule has 2 aromatic rings. The summed E-state index contributed by atoms with van der Waals surface area (Å²) < 4.78 is 5.78. The van der Waals surface area contributed by atoms with E-state index in [4.69, 9.17) is 22.1 Å². The molecule has 1 unspecified atom stereocenters. The molecule has 5 nitrogen and oxygen atoms in total. The van der Waals surface area contributed by atoms with Gasteiger partial charge in [-0.15, -0.1) is 0 Å². The summed E-state index contributed by atoms with van der Waals surface area (Å²) in [6, 6.07) is 11.1. The average Bonchev–Trinajstić information content (AvgIpc) is 2.99. The maximum Gasteiger partial charge on any atom is 0.161 e. The zero-order valence-corrected chi connectivity index (χ0v) is 18.8. The standard InChI is InChI=1S/C24H30ClN3O2/c1-23(2,3)22(29)21-24(11-13-27-14-12-24)19-15(25)9-10-18(30-4)20(19)28(21)17-8-6-5-7-16(17)26/h5-10,21,27H,11-14,26H2,1-4H3. The van der Waals surface area contributed by atoms with Crippen LogP contribution < -0.4 is 20.7 Å². The van der Waals surface area contributed by atoms with Crippen molar-refractivity contribution in [2.45, 2.75) is 45.1 Å². The van der Waals surface area contributed by atoms with Crippen LogP contribution in [0.2, 0.25) is 5.02 Å². The molecule has 2 heterocycles. The number of carbonyl (C=O) groups is 1. The van der Waals surface area contributed by atoms with Gasteiger partial charge in [0.15, 0.2) is 5.78 Å². The molecule has 2 aromatic carbocycles.